The molecule has 3 nitrogen and oxygen atoms in total. The van der Waals surface area contributed by atoms with Gasteiger partial charge in [0.15, 0.2) is 0 Å². The summed E-state index contributed by atoms with van der Waals surface area (Å²) in [4.78, 5) is 0. The predicted molar refractivity (Wildman–Crippen MR) is 69.4 cm³/mol. The van der Waals surface area contributed by atoms with Gasteiger partial charge in [0, 0.05) is 0 Å². The van der Waals surface area contributed by atoms with Crippen molar-refractivity contribution in [1.29, 1.82) is 0 Å². The number of fused-ring (bicyclic) bond motifs is 2. The first-order valence-electron chi connectivity index (χ1n) is 7.39. The highest BCUT2D eigenvalue weighted by Crippen LogP contribution is 2.52. The van der Waals surface area contributed by atoms with Gasteiger partial charge in [-0.1, -0.05) is 13.8 Å². The van der Waals surface area contributed by atoms with Crippen LogP contribution in [0.15, 0.2) is 0 Å². The SMILES string of the molecule is CC(C)C1CCC2(C)OC2CCC2(C)OC2C1O. The molecule has 0 aromatic heterocycles. The van der Waals surface area contributed by atoms with Gasteiger partial charge in [0.2, 0.25) is 0 Å². The first-order valence-corrected chi connectivity index (χ1v) is 7.39. The Hall–Kier alpha value is -0.120. The molecule has 2 saturated heterocycles. The lowest BCUT2D eigenvalue weighted by Gasteiger charge is -2.27. The van der Waals surface area contributed by atoms with Gasteiger partial charge in [-0.05, 0) is 51.4 Å². The molecular formula is C15H26O3. The van der Waals surface area contributed by atoms with Gasteiger partial charge in [-0.15, -0.1) is 0 Å². The number of hydrogen-bond acceptors (Lipinski definition) is 3. The molecule has 0 amide bonds. The number of ether oxygens (including phenoxy) is 2. The summed E-state index contributed by atoms with van der Waals surface area (Å²) in [7, 11) is 0. The minimum Gasteiger partial charge on any atom is -0.390 e. The Morgan fingerprint density at radius 2 is 1.72 bits per heavy atom. The normalized spacial score (nSPS) is 55.7. The van der Waals surface area contributed by atoms with E-state index in [1.807, 2.05) is 0 Å². The zero-order valence-corrected chi connectivity index (χ0v) is 12.0. The lowest BCUT2D eigenvalue weighted by Crippen LogP contribution is -2.35. The van der Waals surface area contributed by atoms with Crippen LogP contribution in [-0.4, -0.2) is 34.6 Å². The van der Waals surface area contributed by atoms with Gasteiger partial charge in [-0.3, -0.25) is 0 Å². The minimum absolute atomic E-state index is 0.0491. The van der Waals surface area contributed by atoms with Crippen LogP contribution >= 0.6 is 0 Å². The average Bonchev–Trinajstić information content (AvgIpc) is 3.12. The van der Waals surface area contributed by atoms with Crippen LogP contribution in [0.3, 0.4) is 0 Å². The fourth-order valence-electron chi connectivity index (χ4n) is 3.76. The fourth-order valence-corrected chi connectivity index (χ4v) is 3.76. The summed E-state index contributed by atoms with van der Waals surface area (Å²) >= 11 is 0. The zero-order chi connectivity index (χ0) is 13.1. The second-order valence-electron chi connectivity index (χ2n) is 7.25. The van der Waals surface area contributed by atoms with E-state index in [0.717, 1.165) is 25.7 Å². The van der Waals surface area contributed by atoms with Crippen LogP contribution in [0.4, 0.5) is 0 Å². The Morgan fingerprint density at radius 1 is 1.06 bits per heavy atom. The van der Waals surface area contributed by atoms with Gasteiger partial charge < -0.3 is 14.6 Å². The van der Waals surface area contributed by atoms with Gasteiger partial charge in [0.25, 0.3) is 0 Å². The molecule has 3 fully saturated rings. The summed E-state index contributed by atoms with van der Waals surface area (Å²) in [6, 6.07) is 0. The van der Waals surface area contributed by atoms with Crippen molar-refractivity contribution in [2.75, 3.05) is 0 Å². The van der Waals surface area contributed by atoms with Crippen molar-refractivity contribution < 1.29 is 14.6 Å². The van der Waals surface area contributed by atoms with Crippen molar-refractivity contribution in [2.45, 2.75) is 82.9 Å². The third-order valence-corrected chi connectivity index (χ3v) is 5.46. The van der Waals surface area contributed by atoms with E-state index in [2.05, 4.69) is 27.7 Å². The highest BCUT2D eigenvalue weighted by Gasteiger charge is 2.61. The molecule has 2 aliphatic heterocycles. The predicted octanol–water partition coefficient (Wildman–Crippen LogP) is 2.51. The number of hydrogen-bond donors (Lipinski definition) is 1. The molecule has 0 spiro atoms. The molecule has 104 valence electrons. The molecule has 1 saturated carbocycles. The van der Waals surface area contributed by atoms with Crippen molar-refractivity contribution in [1.82, 2.24) is 0 Å². The molecule has 3 heteroatoms. The molecule has 1 N–H and O–H groups in total. The molecule has 3 rings (SSSR count). The quantitative estimate of drug-likeness (QED) is 0.731. The highest BCUT2D eigenvalue weighted by molar-refractivity contribution is 5.09. The lowest BCUT2D eigenvalue weighted by atomic mass is 9.78. The molecule has 1 aliphatic carbocycles. The van der Waals surface area contributed by atoms with E-state index in [1.165, 1.54) is 0 Å². The second-order valence-corrected chi connectivity index (χ2v) is 7.25. The van der Waals surface area contributed by atoms with E-state index in [-0.39, 0.29) is 23.4 Å². The molecule has 0 aromatic rings. The van der Waals surface area contributed by atoms with E-state index in [1.54, 1.807) is 0 Å². The molecule has 6 unspecified atom stereocenters. The largest absolute Gasteiger partial charge is 0.390 e. The van der Waals surface area contributed by atoms with Gasteiger partial charge in [-0.25, -0.2) is 0 Å². The van der Waals surface area contributed by atoms with E-state index < -0.39 is 0 Å². The van der Waals surface area contributed by atoms with Crippen LogP contribution in [0.1, 0.15) is 53.4 Å². The number of rotatable bonds is 1. The van der Waals surface area contributed by atoms with Crippen molar-refractivity contribution in [3.63, 3.8) is 0 Å². The monoisotopic (exact) mass is 254 g/mol. The van der Waals surface area contributed by atoms with E-state index in [0.29, 0.717) is 17.9 Å². The molecule has 0 bridgehead atoms. The standard InChI is InChI=1S/C15H26O3/c1-9(2)10-5-7-14(3)11(17-14)6-8-15(4)13(18-15)12(10)16/h9-13,16H,5-8H2,1-4H3. The Morgan fingerprint density at radius 3 is 2.39 bits per heavy atom. The summed E-state index contributed by atoms with van der Waals surface area (Å²) in [6.45, 7) is 8.76. The average molecular weight is 254 g/mol. The van der Waals surface area contributed by atoms with Crippen molar-refractivity contribution >= 4 is 0 Å². The summed E-state index contributed by atoms with van der Waals surface area (Å²) in [5, 5.41) is 10.6. The topological polar surface area (TPSA) is 45.3 Å². The van der Waals surface area contributed by atoms with Crippen LogP contribution in [0.2, 0.25) is 0 Å². The fraction of sp³-hybridized carbons (Fsp3) is 1.00. The molecule has 6 atom stereocenters. The van der Waals surface area contributed by atoms with Gasteiger partial charge in [0.1, 0.15) is 6.10 Å². The van der Waals surface area contributed by atoms with E-state index in [9.17, 15) is 5.11 Å². The third-order valence-electron chi connectivity index (χ3n) is 5.46. The van der Waals surface area contributed by atoms with Crippen LogP contribution in [0.25, 0.3) is 0 Å². The maximum atomic E-state index is 10.6. The molecule has 0 radical (unpaired) electrons. The smallest absolute Gasteiger partial charge is 0.113 e. The molecule has 18 heavy (non-hydrogen) atoms. The summed E-state index contributed by atoms with van der Waals surface area (Å²) in [6.07, 6.45) is 4.36. The van der Waals surface area contributed by atoms with Gasteiger partial charge >= 0.3 is 0 Å². The first kappa shape index (κ1) is 12.9. The van der Waals surface area contributed by atoms with E-state index in [4.69, 9.17) is 9.47 Å². The van der Waals surface area contributed by atoms with Crippen LogP contribution in [-0.2, 0) is 9.47 Å². The maximum absolute atomic E-state index is 10.6. The Bertz CT molecular complexity index is 343. The third kappa shape index (κ3) is 2.00. The minimum atomic E-state index is -0.311. The van der Waals surface area contributed by atoms with Crippen LogP contribution < -0.4 is 0 Å². The zero-order valence-electron chi connectivity index (χ0n) is 12.0. The van der Waals surface area contributed by atoms with E-state index >= 15 is 0 Å². The molecule has 0 aromatic carbocycles. The Balaban J connectivity index is 1.77. The van der Waals surface area contributed by atoms with Crippen molar-refractivity contribution in [3.8, 4) is 0 Å². The summed E-state index contributed by atoms with van der Waals surface area (Å²) in [5.41, 5.74) is -0.0261. The maximum Gasteiger partial charge on any atom is 0.113 e. The van der Waals surface area contributed by atoms with Gasteiger partial charge in [0.05, 0.1) is 23.4 Å². The molecule has 2 heterocycles. The second kappa shape index (κ2) is 3.94. The lowest BCUT2D eigenvalue weighted by molar-refractivity contribution is 0.0461. The number of aliphatic hydroxyl groups is 1. The first-order chi connectivity index (χ1) is 8.36. The summed E-state index contributed by atoms with van der Waals surface area (Å²) < 4.78 is 11.7. The Kier molecular flexibility index (Phi) is 2.82. The van der Waals surface area contributed by atoms with Crippen LogP contribution in [0.5, 0.6) is 0 Å². The number of epoxide rings is 2. The Labute approximate surface area is 110 Å². The van der Waals surface area contributed by atoms with Crippen LogP contribution in [0, 0.1) is 11.8 Å². The van der Waals surface area contributed by atoms with Gasteiger partial charge in [-0.2, -0.15) is 0 Å². The van der Waals surface area contributed by atoms with Crippen molar-refractivity contribution in [2.24, 2.45) is 11.8 Å². The molecular weight excluding hydrogens is 228 g/mol. The number of aliphatic hydroxyl groups excluding tert-OH is 1. The highest BCUT2D eigenvalue weighted by atomic mass is 16.6. The summed E-state index contributed by atoms with van der Waals surface area (Å²) in [5.74, 6) is 0.824. The molecule has 3 aliphatic rings. The van der Waals surface area contributed by atoms with Crippen molar-refractivity contribution in [3.05, 3.63) is 0 Å².